The molecule has 42 heavy (non-hydrogen) atoms. The van der Waals surface area contributed by atoms with Gasteiger partial charge in [0.2, 0.25) is 15.9 Å². The van der Waals surface area contributed by atoms with Crippen LogP contribution in [0.1, 0.15) is 35.7 Å². The molecule has 0 aliphatic carbocycles. The number of hydrogen-bond donors (Lipinski definition) is 2. The number of carbonyl (C=O) groups excluding carboxylic acids is 2. The van der Waals surface area contributed by atoms with Gasteiger partial charge in [0.15, 0.2) is 0 Å². The van der Waals surface area contributed by atoms with Crippen LogP contribution in [0.2, 0.25) is 15.1 Å². The molecule has 2 aliphatic rings. The molecular weight excluding hydrogens is 625 g/mol. The summed E-state index contributed by atoms with van der Waals surface area (Å²) in [4.78, 5) is 34.2. The highest BCUT2D eigenvalue weighted by molar-refractivity contribution is 7.89. The monoisotopic (exact) mass is 649 g/mol. The first-order chi connectivity index (χ1) is 20.0. The number of sulfonamides is 1. The largest absolute Gasteiger partial charge is 0.493 e. The summed E-state index contributed by atoms with van der Waals surface area (Å²) in [7, 11) is -4.26. The van der Waals surface area contributed by atoms with Gasteiger partial charge >= 0.3 is 6.03 Å². The zero-order chi connectivity index (χ0) is 30.2. The highest BCUT2D eigenvalue weighted by Crippen LogP contribution is 2.46. The van der Waals surface area contributed by atoms with Gasteiger partial charge in [-0.15, -0.1) is 0 Å². The number of hydrogen-bond acceptors (Lipinski definition) is 6. The molecule has 3 amide bonds. The number of rotatable bonds is 6. The number of amides is 3. The van der Waals surface area contributed by atoms with Crippen molar-refractivity contribution in [2.75, 3.05) is 26.2 Å². The van der Waals surface area contributed by atoms with E-state index in [1.165, 1.54) is 21.9 Å². The number of ether oxygens (including phenoxy) is 1. The molecule has 14 heteroatoms. The van der Waals surface area contributed by atoms with Crippen molar-refractivity contribution in [2.24, 2.45) is 10.1 Å². The zero-order valence-electron chi connectivity index (χ0n) is 22.3. The fourth-order valence-corrected chi connectivity index (χ4v) is 6.35. The van der Waals surface area contributed by atoms with Gasteiger partial charge in [-0.1, -0.05) is 59.1 Å². The molecule has 3 aromatic rings. The van der Waals surface area contributed by atoms with Crippen molar-refractivity contribution in [1.82, 2.24) is 15.1 Å². The molecule has 5 rings (SSSR count). The Morgan fingerprint density at radius 1 is 1.05 bits per heavy atom. The number of amidine groups is 1. The van der Waals surface area contributed by atoms with Gasteiger partial charge in [0.05, 0.1) is 23.2 Å². The van der Waals surface area contributed by atoms with Crippen LogP contribution in [0.3, 0.4) is 0 Å². The SMILES string of the molecule is CCOc1cc(Cl)c(S(N)(=O)=O)cc1C1=N[C@@H](c2ccc(Cl)cc2)[C@@H](c2ccc(Cl)cc2)N1C(=O)N1CCNC(=O)C1. The summed E-state index contributed by atoms with van der Waals surface area (Å²) < 4.78 is 30.8. The first kappa shape index (κ1) is 30.1. The molecule has 3 N–H and O–H groups in total. The summed E-state index contributed by atoms with van der Waals surface area (Å²) in [6.45, 7) is 2.34. The van der Waals surface area contributed by atoms with Crippen molar-refractivity contribution in [3.63, 3.8) is 0 Å². The number of aliphatic imine (C=N–C) groups is 1. The molecule has 0 aromatic heterocycles. The van der Waals surface area contributed by atoms with E-state index < -0.39 is 28.1 Å². The maximum absolute atomic E-state index is 14.4. The van der Waals surface area contributed by atoms with Crippen LogP contribution in [0.4, 0.5) is 4.79 Å². The Labute approximate surface area is 258 Å². The maximum atomic E-state index is 14.4. The molecule has 0 spiro atoms. The number of nitrogens with zero attached hydrogens (tertiary/aromatic N) is 3. The maximum Gasteiger partial charge on any atom is 0.326 e. The van der Waals surface area contributed by atoms with Crippen LogP contribution in [0.25, 0.3) is 0 Å². The third-order valence-corrected chi connectivity index (χ3v) is 8.77. The van der Waals surface area contributed by atoms with Gasteiger partial charge in [0, 0.05) is 29.2 Å². The van der Waals surface area contributed by atoms with Gasteiger partial charge in [-0.25, -0.2) is 18.4 Å². The molecule has 220 valence electrons. The third kappa shape index (κ3) is 6.06. The second-order valence-electron chi connectivity index (χ2n) is 9.63. The van der Waals surface area contributed by atoms with E-state index in [2.05, 4.69) is 5.32 Å². The number of nitrogens with two attached hydrogens (primary N) is 1. The summed E-state index contributed by atoms with van der Waals surface area (Å²) >= 11 is 18.7. The Kier molecular flexibility index (Phi) is 8.68. The van der Waals surface area contributed by atoms with Gasteiger partial charge < -0.3 is 15.0 Å². The smallest absolute Gasteiger partial charge is 0.326 e. The van der Waals surface area contributed by atoms with E-state index in [0.717, 1.165) is 5.56 Å². The Bertz CT molecular complexity index is 1670. The van der Waals surface area contributed by atoms with Crippen molar-refractivity contribution in [3.8, 4) is 5.75 Å². The van der Waals surface area contributed by atoms with Gasteiger partial charge in [-0.2, -0.15) is 0 Å². The van der Waals surface area contributed by atoms with E-state index in [-0.39, 0.29) is 59.2 Å². The zero-order valence-corrected chi connectivity index (χ0v) is 25.3. The van der Waals surface area contributed by atoms with E-state index in [1.807, 2.05) is 0 Å². The molecule has 0 saturated carbocycles. The van der Waals surface area contributed by atoms with Crippen molar-refractivity contribution >= 4 is 62.6 Å². The molecule has 10 nitrogen and oxygen atoms in total. The minimum absolute atomic E-state index is 0.121. The normalized spacial score (nSPS) is 19.0. The molecule has 1 saturated heterocycles. The first-order valence-electron chi connectivity index (χ1n) is 12.9. The highest BCUT2D eigenvalue weighted by Gasteiger charge is 2.45. The van der Waals surface area contributed by atoms with Crippen molar-refractivity contribution in [2.45, 2.75) is 23.9 Å². The standard InChI is InChI=1S/C28H26Cl3N5O5S/c1-2-41-22-14-21(31)23(42(32,39)40)13-20(22)27-34-25(16-3-7-18(29)8-4-16)26(17-5-9-19(30)10-6-17)36(27)28(38)35-12-11-33-24(37)15-35/h3-10,13-14,25-26H,2,11-12,15H2,1H3,(H,33,37)(H2,32,39,40)/t25-,26+/m0/s1. The molecule has 2 atom stereocenters. The molecule has 3 aromatic carbocycles. The van der Waals surface area contributed by atoms with Crippen LogP contribution in [0.5, 0.6) is 5.75 Å². The second kappa shape index (κ2) is 12.1. The predicted molar refractivity (Wildman–Crippen MR) is 161 cm³/mol. The fourth-order valence-electron chi connectivity index (χ4n) is 5.01. The number of carbonyl (C=O) groups is 2. The molecule has 1 fully saturated rings. The lowest BCUT2D eigenvalue weighted by atomic mass is 9.93. The Morgan fingerprint density at radius 3 is 2.24 bits per heavy atom. The lowest BCUT2D eigenvalue weighted by Crippen LogP contribution is -2.55. The first-order valence-corrected chi connectivity index (χ1v) is 15.6. The van der Waals surface area contributed by atoms with Crippen LogP contribution in [0, 0.1) is 0 Å². The molecule has 0 unspecified atom stereocenters. The number of halogens is 3. The van der Waals surface area contributed by atoms with E-state index in [9.17, 15) is 18.0 Å². The minimum atomic E-state index is -4.26. The number of primary sulfonamides is 1. The predicted octanol–water partition coefficient (Wildman–Crippen LogP) is 4.79. The number of nitrogens with one attached hydrogen (secondary N) is 1. The number of benzene rings is 3. The van der Waals surface area contributed by atoms with Gasteiger partial charge in [0.25, 0.3) is 0 Å². The summed E-state index contributed by atoms with van der Waals surface area (Å²) in [6.07, 6.45) is 0. The number of urea groups is 1. The average molecular weight is 651 g/mol. The van der Waals surface area contributed by atoms with Crippen LogP contribution >= 0.6 is 34.8 Å². The van der Waals surface area contributed by atoms with E-state index in [1.54, 1.807) is 55.5 Å². The Hall–Kier alpha value is -3.35. The summed E-state index contributed by atoms with van der Waals surface area (Å²) in [5, 5.41) is 9.09. The lowest BCUT2D eigenvalue weighted by molar-refractivity contribution is -0.123. The topological polar surface area (TPSA) is 134 Å². The molecular formula is C28H26Cl3N5O5S. The molecule has 2 aliphatic heterocycles. The van der Waals surface area contributed by atoms with E-state index >= 15 is 0 Å². The third-order valence-electron chi connectivity index (χ3n) is 6.89. The Morgan fingerprint density at radius 2 is 1.67 bits per heavy atom. The highest BCUT2D eigenvalue weighted by atomic mass is 35.5. The van der Waals surface area contributed by atoms with Crippen LogP contribution < -0.4 is 15.2 Å². The Balaban J connectivity index is 1.77. The van der Waals surface area contributed by atoms with E-state index in [0.29, 0.717) is 15.6 Å². The fraction of sp³-hybridized carbons (Fsp3) is 0.250. The lowest BCUT2D eigenvalue weighted by Gasteiger charge is -2.35. The van der Waals surface area contributed by atoms with E-state index in [4.69, 9.17) is 49.7 Å². The molecule has 2 heterocycles. The van der Waals surface area contributed by atoms with Crippen LogP contribution in [-0.4, -0.2) is 62.2 Å². The van der Waals surface area contributed by atoms with Gasteiger partial charge in [-0.05, 0) is 48.4 Å². The van der Waals surface area contributed by atoms with Crippen molar-refractivity contribution < 1.29 is 22.7 Å². The quantitative estimate of drug-likeness (QED) is 0.396. The number of piperazine rings is 1. The summed E-state index contributed by atoms with van der Waals surface area (Å²) in [5.41, 5.74) is 1.63. The van der Waals surface area contributed by atoms with Crippen LogP contribution in [-0.2, 0) is 14.8 Å². The average Bonchev–Trinajstić information content (AvgIpc) is 3.33. The van der Waals surface area contributed by atoms with Gasteiger partial charge in [0.1, 0.15) is 29.1 Å². The molecule has 0 bridgehead atoms. The van der Waals surface area contributed by atoms with Crippen molar-refractivity contribution in [3.05, 3.63) is 92.4 Å². The minimum Gasteiger partial charge on any atom is -0.493 e. The van der Waals surface area contributed by atoms with Crippen molar-refractivity contribution in [1.29, 1.82) is 0 Å². The molecule has 0 radical (unpaired) electrons. The summed E-state index contributed by atoms with van der Waals surface area (Å²) in [6, 6.07) is 14.8. The second-order valence-corrected chi connectivity index (χ2v) is 12.4. The summed E-state index contributed by atoms with van der Waals surface area (Å²) in [5.74, 6) is 0.0212. The van der Waals surface area contributed by atoms with Gasteiger partial charge in [-0.3, -0.25) is 14.7 Å². The van der Waals surface area contributed by atoms with Crippen LogP contribution in [0.15, 0.2) is 70.6 Å².